The van der Waals surface area contributed by atoms with E-state index in [-0.39, 0.29) is 35.5 Å². The highest BCUT2D eigenvalue weighted by molar-refractivity contribution is 9.10. The Balaban J connectivity index is 1.56. The molecule has 48 heavy (non-hydrogen) atoms. The van der Waals surface area contributed by atoms with E-state index in [1.54, 1.807) is 24.3 Å². The van der Waals surface area contributed by atoms with E-state index < -0.39 is 28.5 Å². The maximum Gasteiger partial charge on any atom is 0.264 e. The second-order valence-electron chi connectivity index (χ2n) is 11.7. The molecule has 2 amide bonds. The first-order chi connectivity index (χ1) is 23.1. The molecule has 1 N–H and O–H groups in total. The number of rotatable bonds is 14. The van der Waals surface area contributed by atoms with Gasteiger partial charge in [0, 0.05) is 28.5 Å². The molecule has 8 nitrogen and oxygen atoms in total. The Bertz CT molecular complexity index is 1780. The van der Waals surface area contributed by atoms with Crippen LogP contribution in [0.4, 0.5) is 5.69 Å². The number of ether oxygens (including phenoxy) is 1. The lowest BCUT2D eigenvalue weighted by atomic mass is 10.0. The van der Waals surface area contributed by atoms with E-state index >= 15 is 0 Å². The summed E-state index contributed by atoms with van der Waals surface area (Å²) >= 11 is 9.61. The number of carbonyl (C=O) groups is 2. The van der Waals surface area contributed by atoms with E-state index in [1.165, 1.54) is 29.2 Å². The van der Waals surface area contributed by atoms with Crippen molar-refractivity contribution in [3.8, 4) is 5.75 Å². The number of sulfonamides is 1. The van der Waals surface area contributed by atoms with Gasteiger partial charge in [0.15, 0.2) is 0 Å². The highest BCUT2D eigenvalue weighted by Crippen LogP contribution is 2.28. The molecule has 0 aliphatic heterocycles. The predicted octanol–water partition coefficient (Wildman–Crippen LogP) is 7.40. The molecule has 0 aromatic heterocycles. The van der Waals surface area contributed by atoms with Crippen molar-refractivity contribution in [2.24, 2.45) is 0 Å². The van der Waals surface area contributed by atoms with Gasteiger partial charge in [-0.05, 0) is 91.6 Å². The zero-order valence-corrected chi connectivity index (χ0v) is 29.9. The van der Waals surface area contributed by atoms with E-state index in [4.69, 9.17) is 16.3 Å². The molecule has 4 aromatic carbocycles. The number of nitrogens with one attached hydrogen (secondary N) is 1. The lowest BCUT2D eigenvalue weighted by Gasteiger charge is -2.34. The monoisotopic (exact) mass is 751 g/mol. The second kappa shape index (κ2) is 16.5. The van der Waals surface area contributed by atoms with Crippen molar-refractivity contribution in [3.05, 3.63) is 124 Å². The van der Waals surface area contributed by atoms with Crippen molar-refractivity contribution in [1.29, 1.82) is 0 Å². The Labute approximate surface area is 296 Å². The minimum absolute atomic E-state index is 0.0214. The van der Waals surface area contributed by atoms with Crippen LogP contribution >= 0.6 is 27.5 Å². The largest absolute Gasteiger partial charge is 0.494 e. The SMILES string of the molecule is CCOc1ccc(N(CC(=O)N(Cc2cccc(Br)c2)[C@@H](Cc2ccccc2)C(=O)NC2CCCC2)S(=O)(=O)c2ccc(Cl)cc2)cc1. The minimum atomic E-state index is -4.25. The number of benzene rings is 4. The number of carbonyl (C=O) groups excluding carboxylic acids is 2. The van der Waals surface area contributed by atoms with Crippen molar-refractivity contribution in [2.75, 3.05) is 17.5 Å². The molecule has 11 heteroatoms. The lowest BCUT2D eigenvalue weighted by Crippen LogP contribution is -2.54. The first kappa shape index (κ1) is 35.4. The smallest absolute Gasteiger partial charge is 0.264 e. The van der Waals surface area contributed by atoms with Gasteiger partial charge in [-0.25, -0.2) is 8.42 Å². The predicted molar refractivity (Wildman–Crippen MR) is 193 cm³/mol. The molecular weight excluding hydrogens is 714 g/mol. The summed E-state index contributed by atoms with van der Waals surface area (Å²) in [4.78, 5) is 30.3. The number of hydrogen-bond donors (Lipinski definition) is 1. The zero-order chi connectivity index (χ0) is 34.1. The molecule has 5 rings (SSSR count). The summed E-state index contributed by atoms with van der Waals surface area (Å²) in [6.07, 6.45) is 4.10. The molecule has 1 saturated carbocycles. The average Bonchev–Trinajstić information content (AvgIpc) is 3.59. The van der Waals surface area contributed by atoms with E-state index in [2.05, 4.69) is 21.2 Å². The third-order valence-corrected chi connectivity index (χ3v) is 10.9. The van der Waals surface area contributed by atoms with Crippen LogP contribution in [-0.4, -0.2) is 50.4 Å². The molecule has 4 aromatic rings. The Morgan fingerprint density at radius 3 is 2.23 bits per heavy atom. The fourth-order valence-corrected chi connectivity index (χ4v) is 7.88. The van der Waals surface area contributed by atoms with Gasteiger partial charge in [-0.1, -0.05) is 82.8 Å². The van der Waals surface area contributed by atoms with Crippen molar-refractivity contribution < 1.29 is 22.7 Å². The average molecular weight is 753 g/mol. The zero-order valence-electron chi connectivity index (χ0n) is 26.7. The molecule has 1 aliphatic rings. The van der Waals surface area contributed by atoms with E-state index in [9.17, 15) is 18.0 Å². The number of amides is 2. The van der Waals surface area contributed by atoms with E-state index in [0.717, 1.165) is 45.6 Å². The van der Waals surface area contributed by atoms with E-state index in [0.29, 0.717) is 17.4 Å². The minimum Gasteiger partial charge on any atom is -0.494 e. The van der Waals surface area contributed by atoms with Crippen LogP contribution in [0.5, 0.6) is 5.75 Å². The summed E-state index contributed by atoms with van der Waals surface area (Å²) in [5.74, 6) is -0.217. The number of hydrogen-bond acceptors (Lipinski definition) is 5. The summed E-state index contributed by atoms with van der Waals surface area (Å²) in [6, 6.07) is 28.6. The molecule has 1 fully saturated rings. The highest BCUT2D eigenvalue weighted by atomic mass is 79.9. The van der Waals surface area contributed by atoms with E-state index in [1.807, 2.05) is 61.5 Å². The van der Waals surface area contributed by atoms with Crippen LogP contribution in [0.25, 0.3) is 0 Å². The molecule has 0 spiro atoms. The van der Waals surface area contributed by atoms with Crippen LogP contribution in [0, 0.1) is 0 Å². The molecule has 0 bridgehead atoms. The molecule has 1 aliphatic carbocycles. The van der Waals surface area contributed by atoms with Crippen LogP contribution < -0.4 is 14.4 Å². The topological polar surface area (TPSA) is 96.0 Å². The lowest BCUT2D eigenvalue weighted by molar-refractivity contribution is -0.140. The third-order valence-electron chi connectivity index (χ3n) is 8.33. The van der Waals surface area contributed by atoms with Gasteiger partial charge in [-0.15, -0.1) is 0 Å². The summed E-state index contributed by atoms with van der Waals surface area (Å²) < 4.78 is 36.0. The quantitative estimate of drug-likeness (QED) is 0.145. The molecule has 0 unspecified atom stereocenters. The molecule has 1 atom stereocenters. The van der Waals surface area contributed by atoms with Crippen molar-refractivity contribution in [3.63, 3.8) is 0 Å². The van der Waals surface area contributed by atoms with Gasteiger partial charge in [0.05, 0.1) is 17.2 Å². The fraction of sp³-hybridized carbons (Fsp3) is 0.297. The third kappa shape index (κ3) is 9.18. The van der Waals surface area contributed by atoms with Crippen molar-refractivity contribution in [1.82, 2.24) is 10.2 Å². The van der Waals surface area contributed by atoms with Crippen LogP contribution in [0.3, 0.4) is 0 Å². The van der Waals surface area contributed by atoms with Crippen molar-refractivity contribution >= 4 is 55.1 Å². The second-order valence-corrected chi connectivity index (χ2v) is 15.0. The molecular formula is C37H39BrClN3O5S. The first-order valence-corrected chi connectivity index (χ1v) is 18.6. The molecule has 0 heterocycles. The van der Waals surface area contributed by atoms with Gasteiger partial charge < -0.3 is 15.0 Å². The summed E-state index contributed by atoms with van der Waals surface area (Å²) in [5.41, 5.74) is 1.95. The fourth-order valence-electron chi connectivity index (χ4n) is 5.89. The molecule has 0 radical (unpaired) electrons. The highest BCUT2D eigenvalue weighted by Gasteiger charge is 2.35. The van der Waals surface area contributed by atoms with Crippen molar-refractivity contribution in [2.45, 2.75) is 62.6 Å². The number of nitrogens with zero attached hydrogens (tertiary/aromatic N) is 2. The first-order valence-electron chi connectivity index (χ1n) is 16.0. The summed E-state index contributed by atoms with van der Waals surface area (Å²) in [7, 11) is -4.25. The standard InChI is InChI=1S/C37H39BrClN3O5S/c1-2-47-33-19-17-32(18-20-33)42(48(45,46)34-21-15-30(39)16-22-34)26-36(43)41(25-28-11-8-12-29(38)23-28)35(24-27-9-4-3-5-10-27)37(44)40-31-13-6-7-14-31/h3-5,8-12,15-23,31,35H,2,6-7,13-14,24-26H2,1H3,(H,40,44)/t35-/m0/s1. The number of anilines is 1. The van der Waals surface area contributed by atoms with Gasteiger partial charge in [-0.3, -0.25) is 13.9 Å². The van der Waals surface area contributed by atoms with Gasteiger partial charge in [0.25, 0.3) is 10.0 Å². The van der Waals surface area contributed by atoms with Crippen LogP contribution in [0.15, 0.2) is 112 Å². The van der Waals surface area contributed by atoms with Gasteiger partial charge in [-0.2, -0.15) is 0 Å². The Hall–Kier alpha value is -3.86. The van der Waals surface area contributed by atoms with Crippen LogP contribution in [0.1, 0.15) is 43.7 Å². The van der Waals surface area contributed by atoms with Gasteiger partial charge >= 0.3 is 0 Å². The normalized spacial score (nSPS) is 13.9. The maximum atomic E-state index is 14.7. The van der Waals surface area contributed by atoms with Gasteiger partial charge in [0.1, 0.15) is 18.3 Å². The van der Waals surface area contributed by atoms with Gasteiger partial charge in [0.2, 0.25) is 11.8 Å². The number of halogens is 2. The maximum absolute atomic E-state index is 14.7. The molecule has 252 valence electrons. The Morgan fingerprint density at radius 2 is 1.58 bits per heavy atom. The summed E-state index contributed by atoms with van der Waals surface area (Å²) in [6.45, 7) is 1.85. The van der Waals surface area contributed by atoms with Crippen LogP contribution in [0.2, 0.25) is 5.02 Å². The Morgan fingerprint density at radius 1 is 0.917 bits per heavy atom. The molecule has 0 saturated heterocycles. The van der Waals surface area contributed by atoms with Crippen LogP contribution in [-0.2, 0) is 32.6 Å². The summed E-state index contributed by atoms with van der Waals surface area (Å²) in [5, 5.41) is 3.58. The Kier molecular flexibility index (Phi) is 12.2.